The molecule has 1 N–H and O–H groups in total. The maximum absolute atomic E-state index is 11.8. The minimum Gasteiger partial charge on any atom is -0.480 e. The normalized spacial score (nSPS) is 40.5. The Hall–Kier alpha value is -0.650. The van der Waals surface area contributed by atoms with Crippen LogP contribution < -0.4 is 0 Å². The van der Waals surface area contributed by atoms with Crippen LogP contribution in [-0.4, -0.2) is 60.0 Å². The number of hydrogen-bond acceptors (Lipinski definition) is 4. The second kappa shape index (κ2) is 5.52. The third kappa shape index (κ3) is 2.83. The molecule has 0 bridgehead atoms. The number of piperidine rings is 1. The fourth-order valence-electron chi connectivity index (χ4n) is 4.45. The van der Waals surface area contributed by atoms with Crippen molar-refractivity contribution >= 4 is 5.97 Å². The van der Waals surface area contributed by atoms with Gasteiger partial charge in [0.25, 0.3) is 0 Å². The van der Waals surface area contributed by atoms with Crippen molar-refractivity contribution in [2.24, 2.45) is 5.41 Å². The van der Waals surface area contributed by atoms with Crippen LogP contribution >= 0.6 is 0 Å². The largest absolute Gasteiger partial charge is 0.480 e. The topological polar surface area (TPSA) is 59.0 Å². The van der Waals surface area contributed by atoms with Gasteiger partial charge in [-0.05, 0) is 37.6 Å². The third-order valence-corrected chi connectivity index (χ3v) is 5.55. The van der Waals surface area contributed by atoms with Crippen molar-refractivity contribution in [3.63, 3.8) is 0 Å². The van der Waals surface area contributed by atoms with E-state index in [4.69, 9.17) is 9.47 Å². The van der Waals surface area contributed by atoms with E-state index in [1.54, 1.807) is 0 Å². The van der Waals surface area contributed by atoms with E-state index in [9.17, 15) is 9.90 Å². The summed E-state index contributed by atoms with van der Waals surface area (Å²) in [6.45, 7) is 7.22. The first-order chi connectivity index (χ1) is 9.94. The van der Waals surface area contributed by atoms with Gasteiger partial charge in [0.2, 0.25) is 0 Å². The zero-order valence-electron chi connectivity index (χ0n) is 13.1. The van der Waals surface area contributed by atoms with Gasteiger partial charge in [0.1, 0.15) is 6.04 Å². The molecule has 3 heterocycles. The molecular weight excluding hydrogens is 270 g/mol. The molecule has 3 fully saturated rings. The summed E-state index contributed by atoms with van der Waals surface area (Å²) in [6.07, 6.45) is 4.85. The van der Waals surface area contributed by atoms with E-state index in [1.807, 2.05) is 0 Å². The Morgan fingerprint density at radius 3 is 2.76 bits per heavy atom. The van der Waals surface area contributed by atoms with Gasteiger partial charge in [0.05, 0.1) is 12.2 Å². The lowest BCUT2D eigenvalue weighted by molar-refractivity contribution is -0.160. The van der Waals surface area contributed by atoms with Crippen molar-refractivity contribution in [2.75, 3.05) is 26.4 Å². The number of hydrogen-bond donors (Lipinski definition) is 1. The fourth-order valence-corrected chi connectivity index (χ4v) is 4.45. The second-order valence-corrected chi connectivity index (χ2v) is 7.55. The molecule has 120 valence electrons. The number of carboxylic acids is 1. The van der Waals surface area contributed by atoms with Crippen LogP contribution in [0.3, 0.4) is 0 Å². The van der Waals surface area contributed by atoms with Gasteiger partial charge in [0.15, 0.2) is 0 Å². The number of carbonyl (C=O) groups is 1. The maximum atomic E-state index is 11.8. The molecule has 3 rings (SSSR count). The van der Waals surface area contributed by atoms with Gasteiger partial charge in [-0.25, -0.2) is 0 Å². The van der Waals surface area contributed by atoms with Crippen molar-refractivity contribution in [1.29, 1.82) is 0 Å². The van der Waals surface area contributed by atoms with Crippen molar-refractivity contribution in [1.82, 2.24) is 4.90 Å². The molecule has 5 heteroatoms. The monoisotopic (exact) mass is 297 g/mol. The van der Waals surface area contributed by atoms with Gasteiger partial charge in [-0.1, -0.05) is 13.8 Å². The van der Waals surface area contributed by atoms with Gasteiger partial charge < -0.3 is 14.6 Å². The highest BCUT2D eigenvalue weighted by molar-refractivity contribution is 5.74. The summed E-state index contributed by atoms with van der Waals surface area (Å²) < 4.78 is 11.5. The lowest BCUT2D eigenvalue weighted by Crippen LogP contribution is -2.60. The highest BCUT2D eigenvalue weighted by atomic mass is 16.6. The van der Waals surface area contributed by atoms with Crippen molar-refractivity contribution < 1.29 is 19.4 Å². The Kier molecular flexibility index (Phi) is 4.01. The molecule has 3 aliphatic rings. The zero-order valence-corrected chi connectivity index (χ0v) is 13.1. The lowest BCUT2D eigenvalue weighted by atomic mass is 9.74. The molecule has 5 nitrogen and oxygen atoms in total. The van der Waals surface area contributed by atoms with E-state index in [-0.39, 0.29) is 17.1 Å². The first-order valence-electron chi connectivity index (χ1n) is 8.14. The smallest absolute Gasteiger partial charge is 0.321 e. The molecule has 1 spiro atoms. The first kappa shape index (κ1) is 15.3. The van der Waals surface area contributed by atoms with Crippen LogP contribution in [0.2, 0.25) is 0 Å². The van der Waals surface area contributed by atoms with Crippen LogP contribution in [0, 0.1) is 5.41 Å². The molecule has 0 saturated carbocycles. The predicted molar refractivity (Wildman–Crippen MR) is 78.3 cm³/mol. The fraction of sp³-hybridized carbons (Fsp3) is 0.938. The minimum atomic E-state index is -0.678. The highest BCUT2D eigenvalue weighted by Gasteiger charge is 2.49. The van der Waals surface area contributed by atoms with Gasteiger partial charge in [0, 0.05) is 25.7 Å². The number of likely N-dealkylation sites (tertiary alicyclic amines) is 1. The molecule has 3 aliphatic heterocycles. The van der Waals surface area contributed by atoms with Crippen LogP contribution in [0.4, 0.5) is 0 Å². The Morgan fingerprint density at radius 1 is 1.29 bits per heavy atom. The molecule has 3 atom stereocenters. The Balaban J connectivity index is 1.79. The lowest BCUT2D eigenvalue weighted by Gasteiger charge is -2.50. The summed E-state index contributed by atoms with van der Waals surface area (Å²) >= 11 is 0. The van der Waals surface area contributed by atoms with Crippen LogP contribution in [0.5, 0.6) is 0 Å². The summed E-state index contributed by atoms with van der Waals surface area (Å²) in [4.78, 5) is 14.1. The van der Waals surface area contributed by atoms with E-state index < -0.39 is 5.97 Å². The Morgan fingerprint density at radius 2 is 2.10 bits per heavy atom. The molecule has 3 unspecified atom stereocenters. The molecule has 0 aliphatic carbocycles. The van der Waals surface area contributed by atoms with Gasteiger partial charge in [-0.2, -0.15) is 0 Å². The molecule has 0 aromatic heterocycles. The van der Waals surface area contributed by atoms with Crippen molar-refractivity contribution in [3.8, 4) is 0 Å². The van der Waals surface area contributed by atoms with Crippen LogP contribution in [0.15, 0.2) is 0 Å². The van der Waals surface area contributed by atoms with Crippen LogP contribution in [0.1, 0.15) is 46.0 Å². The molecular formula is C16H27NO4. The zero-order chi connectivity index (χ0) is 15.1. The molecule has 3 saturated heterocycles. The first-order valence-corrected chi connectivity index (χ1v) is 8.14. The number of rotatable bonds is 2. The van der Waals surface area contributed by atoms with Gasteiger partial charge in [-0.15, -0.1) is 0 Å². The summed E-state index contributed by atoms with van der Waals surface area (Å²) in [5.74, 6) is -0.678. The number of nitrogens with zero attached hydrogens (tertiary/aromatic N) is 1. The number of carboxylic acid groups (broad SMARTS) is 1. The average Bonchev–Trinajstić information content (AvgIpc) is 2.85. The summed E-state index contributed by atoms with van der Waals surface area (Å²) in [7, 11) is 0. The average molecular weight is 297 g/mol. The second-order valence-electron chi connectivity index (χ2n) is 7.55. The van der Waals surface area contributed by atoms with E-state index in [1.165, 1.54) is 0 Å². The number of ether oxygens (including phenoxy) is 2. The van der Waals surface area contributed by atoms with Crippen molar-refractivity contribution in [2.45, 2.75) is 63.6 Å². The van der Waals surface area contributed by atoms with Crippen molar-refractivity contribution in [3.05, 3.63) is 0 Å². The molecule has 0 aromatic carbocycles. The van der Waals surface area contributed by atoms with E-state index in [0.717, 1.165) is 51.9 Å². The standard InChI is InChI=1S/C16H27NO4/c1-15(2)5-3-7-17(13(15)14(18)19)12-4-8-21-16(10-12)6-9-20-11-16/h12-13H,3-11H2,1-2H3,(H,18,19). The third-order valence-electron chi connectivity index (χ3n) is 5.55. The van der Waals surface area contributed by atoms with E-state index in [0.29, 0.717) is 12.6 Å². The van der Waals surface area contributed by atoms with E-state index in [2.05, 4.69) is 18.7 Å². The quantitative estimate of drug-likeness (QED) is 0.843. The van der Waals surface area contributed by atoms with E-state index >= 15 is 0 Å². The molecule has 21 heavy (non-hydrogen) atoms. The maximum Gasteiger partial charge on any atom is 0.321 e. The molecule has 0 radical (unpaired) electrons. The number of aliphatic carboxylic acids is 1. The SMILES string of the molecule is CC1(C)CCCN(C2CCOC3(CCOC3)C2)C1C(=O)O. The van der Waals surface area contributed by atoms with Gasteiger partial charge >= 0.3 is 5.97 Å². The summed E-state index contributed by atoms with van der Waals surface area (Å²) in [5, 5.41) is 9.73. The van der Waals surface area contributed by atoms with Crippen LogP contribution in [-0.2, 0) is 14.3 Å². The predicted octanol–water partition coefficient (Wildman–Crippen LogP) is 1.90. The Bertz CT molecular complexity index is 403. The van der Waals surface area contributed by atoms with Crippen LogP contribution in [0.25, 0.3) is 0 Å². The summed E-state index contributed by atoms with van der Waals surface area (Å²) in [5.41, 5.74) is -0.324. The summed E-state index contributed by atoms with van der Waals surface area (Å²) in [6, 6.07) is -0.0742. The minimum absolute atomic E-state index is 0.159. The molecule has 0 amide bonds. The molecule has 0 aromatic rings. The highest BCUT2D eigenvalue weighted by Crippen LogP contribution is 2.41. The Labute approximate surface area is 126 Å². The van der Waals surface area contributed by atoms with Gasteiger partial charge in [-0.3, -0.25) is 9.69 Å².